The molecule has 0 fully saturated rings. The third-order valence-electron chi connectivity index (χ3n) is 3.74. The van der Waals surface area contributed by atoms with Crippen molar-refractivity contribution in [1.82, 2.24) is 10.6 Å². The van der Waals surface area contributed by atoms with E-state index in [1.807, 2.05) is 13.1 Å². The number of hydrogen-bond acceptors (Lipinski definition) is 2. The van der Waals surface area contributed by atoms with Crippen molar-refractivity contribution in [1.29, 1.82) is 0 Å². The molecule has 0 spiro atoms. The third-order valence-corrected chi connectivity index (χ3v) is 3.74. The van der Waals surface area contributed by atoms with E-state index in [1.54, 1.807) is 0 Å². The molecule has 0 saturated carbocycles. The fraction of sp³-hybridized carbons (Fsp3) is 0.562. The lowest BCUT2D eigenvalue weighted by Gasteiger charge is -2.24. The maximum atomic E-state index is 12.2. The molecule has 0 atom stereocenters. The molecule has 0 aromatic heterocycles. The molecule has 2 N–H and O–H groups in total. The van der Waals surface area contributed by atoms with E-state index < -0.39 is 0 Å². The lowest BCUT2D eigenvalue weighted by atomic mass is 9.93. The lowest BCUT2D eigenvalue weighted by Crippen LogP contribution is -2.39. The predicted octanol–water partition coefficient (Wildman–Crippen LogP) is 2.15. The van der Waals surface area contributed by atoms with Gasteiger partial charge in [-0.15, -0.1) is 0 Å². The molecule has 104 valence electrons. The monoisotopic (exact) mass is 260 g/mol. The van der Waals surface area contributed by atoms with E-state index >= 15 is 0 Å². The zero-order chi connectivity index (χ0) is 13.9. The fourth-order valence-electron chi connectivity index (χ4n) is 2.68. The Morgan fingerprint density at radius 1 is 1.21 bits per heavy atom. The Morgan fingerprint density at radius 2 is 1.95 bits per heavy atom. The minimum absolute atomic E-state index is 0.0406. The SMILES string of the molecule is CNCC(C)(C)CNC(=O)c1ccc2c(c1)CCC2. The van der Waals surface area contributed by atoms with Gasteiger partial charge in [-0.05, 0) is 55.0 Å². The summed E-state index contributed by atoms with van der Waals surface area (Å²) in [5.74, 6) is 0.0406. The smallest absolute Gasteiger partial charge is 0.251 e. The van der Waals surface area contributed by atoms with Crippen LogP contribution in [0.15, 0.2) is 18.2 Å². The summed E-state index contributed by atoms with van der Waals surface area (Å²) >= 11 is 0. The number of fused-ring (bicyclic) bond motifs is 1. The Balaban J connectivity index is 1.97. The summed E-state index contributed by atoms with van der Waals surface area (Å²) in [6.07, 6.45) is 3.49. The van der Waals surface area contributed by atoms with Gasteiger partial charge in [-0.3, -0.25) is 4.79 Å². The summed E-state index contributed by atoms with van der Waals surface area (Å²) < 4.78 is 0. The standard InChI is InChI=1S/C16H24N2O/c1-16(2,10-17-3)11-18-15(19)14-8-7-12-5-4-6-13(12)9-14/h7-9,17H,4-6,10-11H2,1-3H3,(H,18,19). The summed E-state index contributed by atoms with van der Waals surface area (Å²) in [6, 6.07) is 6.11. The number of nitrogens with one attached hydrogen (secondary N) is 2. The average molecular weight is 260 g/mol. The van der Waals surface area contributed by atoms with E-state index in [4.69, 9.17) is 0 Å². The second-order valence-corrected chi connectivity index (χ2v) is 6.21. The van der Waals surface area contributed by atoms with Crippen LogP contribution in [0, 0.1) is 5.41 Å². The number of carbonyl (C=O) groups is 1. The van der Waals surface area contributed by atoms with Crippen LogP contribution in [0.25, 0.3) is 0 Å². The van der Waals surface area contributed by atoms with E-state index in [9.17, 15) is 4.79 Å². The van der Waals surface area contributed by atoms with Crippen LogP contribution in [0.3, 0.4) is 0 Å². The Morgan fingerprint density at radius 3 is 2.68 bits per heavy atom. The molecule has 0 bridgehead atoms. The van der Waals surface area contributed by atoms with Gasteiger partial charge in [-0.1, -0.05) is 19.9 Å². The summed E-state index contributed by atoms with van der Waals surface area (Å²) in [7, 11) is 1.93. The van der Waals surface area contributed by atoms with E-state index in [2.05, 4.69) is 36.6 Å². The molecule has 2 rings (SSSR count). The molecular weight excluding hydrogens is 236 g/mol. The largest absolute Gasteiger partial charge is 0.351 e. The fourth-order valence-corrected chi connectivity index (χ4v) is 2.68. The molecule has 1 aromatic carbocycles. The quantitative estimate of drug-likeness (QED) is 0.851. The summed E-state index contributed by atoms with van der Waals surface area (Å²) in [6.45, 7) is 5.86. The molecule has 3 nitrogen and oxygen atoms in total. The van der Waals surface area contributed by atoms with Gasteiger partial charge in [-0.2, -0.15) is 0 Å². The predicted molar refractivity (Wildman–Crippen MR) is 78.5 cm³/mol. The topological polar surface area (TPSA) is 41.1 Å². The van der Waals surface area contributed by atoms with Crippen molar-refractivity contribution >= 4 is 5.91 Å². The van der Waals surface area contributed by atoms with Crippen molar-refractivity contribution < 1.29 is 4.79 Å². The van der Waals surface area contributed by atoms with E-state index in [0.717, 1.165) is 24.9 Å². The molecule has 1 aromatic rings. The first-order valence-corrected chi connectivity index (χ1v) is 7.06. The third kappa shape index (κ3) is 3.57. The first-order chi connectivity index (χ1) is 9.02. The normalized spacial score (nSPS) is 14.3. The summed E-state index contributed by atoms with van der Waals surface area (Å²) in [4.78, 5) is 12.2. The number of carbonyl (C=O) groups excluding carboxylic acids is 1. The van der Waals surface area contributed by atoms with Crippen LogP contribution in [0.1, 0.15) is 41.8 Å². The molecule has 1 amide bonds. The zero-order valence-electron chi connectivity index (χ0n) is 12.2. The van der Waals surface area contributed by atoms with Crippen molar-refractivity contribution in [2.45, 2.75) is 33.1 Å². The van der Waals surface area contributed by atoms with Crippen LogP contribution >= 0.6 is 0 Å². The number of rotatable bonds is 5. The van der Waals surface area contributed by atoms with Crippen molar-refractivity contribution in [3.8, 4) is 0 Å². The number of hydrogen-bond donors (Lipinski definition) is 2. The van der Waals surface area contributed by atoms with Gasteiger partial charge in [0.1, 0.15) is 0 Å². The van der Waals surface area contributed by atoms with Crippen molar-refractivity contribution in [2.75, 3.05) is 20.1 Å². The van der Waals surface area contributed by atoms with Gasteiger partial charge in [0.2, 0.25) is 0 Å². The van der Waals surface area contributed by atoms with Crippen LogP contribution in [-0.4, -0.2) is 26.0 Å². The minimum atomic E-state index is 0.0406. The highest BCUT2D eigenvalue weighted by Crippen LogP contribution is 2.22. The highest BCUT2D eigenvalue weighted by atomic mass is 16.1. The molecule has 0 saturated heterocycles. The van der Waals surface area contributed by atoms with Gasteiger partial charge in [0.25, 0.3) is 5.91 Å². The van der Waals surface area contributed by atoms with Crippen molar-refractivity contribution in [3.05, 3.63) is 34.9 Å². The number of benzene rings is 1. The van der Waals surface area contributed by atoms with Crippen LogP contribution < -0.4 is 10.6 Å². The second-order valence-electron chi connectivity index (χ2n) is 6.21. The molecule has 1 aliphatic carbocycles. The van der Waals surface area contributed by atoms with Crippen molar-refractivity contribution in [2.24, 2.45) is 5.41 Å². The number of aryl methyl sites for hydroxylation is 2. The lowest BCUT2D eigenvalue weighted by molar-refractivity contribution is 0.0936. The van der Waals surface area contributed by atoms with E-state index in [-0.39, 0.29) is 11.3 Å². The molecular formula is C16H24N2O. The maximum Gasteiger partial charge on any atom is 0.251 e. The molecule has 1 aliphatic rings. The highest BCUT2D eigenvalue weighted by molar-refractivity contribution is 5.94. The zero-order valence-corrected chi connectivity index (χ0v) is 12.2. The van der Waals surface area contributed by atoms with Gasteiger partial charge < -0.3 is 10.6 Å². The van der Waals surface area contributed by atoms with Gasteiger partial charge in [0, 0.05) is 18.7 Å². The van der Waals surface area contributed by atoms with Gasteiger partial charge in [-0.25, -0.2) is 0 Å². The molecule has 0 heterocycles. The van der Waals surface area contributed by atoms with Gasteiger partial charge in [0.15, 0.2) is 0 Å². The van der Waals surface area contributed by atoms with Crippen LogP contribution in [0.5, 0.6) is 0 Å². The summed E-state index contributed by atoms with van der Waals surface area (Å²) in [5.41, 5.74) is 3.62. The molecule has 0 unspecified atom stereocenters. The molecule has 19 heavy (non-hydrogen) atoms. The molecule has 3 heteroatoms. The van der Waals surface area contributed by atoms with Crippen LogP contribution in [0.4, 0.5) is 0 Å². The van der Waals surface area contributed by atoms with Gasteiger partial charge in [0.05, 0.1) is 0 Å². The Bertz CT molecular complexity index is 466. The maximum absolute atomic E-state index is 12.2. The first-order valence-electron chi connectivity index (χ1n) is 7.06. The molecule has 0 aliphatic heterocycles. The summed E-state index contributed by atoms with van der Waals surface area (Å²) in [5, 5.41) is 6.19. The Labute approximate surface area is 115 Å². The van der Waals surface area contributed by atoms with Crippen molar-refractivity contribution in [3.63, 3.8) is 0 Å². The average Bonchev–Trinajstić information content (AvgIpc) is 2.83. The van der Waals surface area contributed by atoms with Gasteiger partial charge >= 0.3 is 0 Å². The van der Waals surface area contributed by atoms with Crippen LogP contribution in [-0.2, 0) is 12.8 Å². The first kappa shape index (κ1) is 14.1. The van der Waals surface area contributed by atoms with Crippen LogP contribution in [0.2, 0.25) is 0 Å². The number of amides is 1. The molecule has 0 radical (unpaired) electrons. The minimum Gasteiger partial charge on any atom is -0.351 e. The highest BCUT2D eigenvalue weighted by Gasteiger charge is 2.19. The Kier molecular flexibility index (Phi) is 4.25. The Hall–Kier alpha value is -1.35. The second kappa shape index (κ2) is 5.74. The van der Waals surface area contributed by atoms with E-state index in [0.29, 0.717) is 6.54 Å². The van der Waals surface area contributed by atoms with E-state index in [1.165, 1.54) is 17.5 Å².